The molecule has 0 aliphatic heterocycles. The number of aromatic nitrogens is 2. The van der Waals surface area contributed by atoms with Crippen molar-refractivity contribution in [3.63, 3.8) is 0 Å². The van der Waals surface area contributed by atoms with Gasteiger partial charge < -0.3 is 14.9 Å². The van der Waals surface area contributed by atoms with Crippen LogP contribution in [0.25, 0.3) is 0 Å². The molecule has 0 spiro atoms. The molecule has 0 atom stereocenters. The number of hydrogen-bond donors (Lipinski definition) is 1. The minimum Gasteiger partial charge on any atom is -0.480 e. The average Bonchev–Trinajstić information content (AvgIpc) is 2.33. The predicted octanol–water partition coefficient (Wildman–Crippen LogP) is 0.218. The molecule has 0 saturated heterocycles. The van der Waals surface area contributed by atoms with Gasteiger partial charge in [-0.3, -0.25) is 14.6 Å². The Kier molecular flexibility index (Phi) is 5.65. The van der Waals surface area contributed by atoms with Gasteiger partial charge >= 0.3 is 5.97 Å². The van der Waals surface area contributed by atoms with E-state index in [4.69, 9.17) is 16.7 Å². The highest BCUT2D eigenvalue weighted by Crippen LogP contribution is 2.06. The summed E-state index contributed by atoms with van der Waals surface area (Å²) >= 11 is 5.66. The van der Waals surface area contributed by atoms with E-state index >= 15 is 0 Å². The lowest BCUT2D eigenvalue weighted by Crippen LogP contribution is -2.40. The summed E-state index contributed by atoms with van der Waals surface area (Å²) in [4.78, 5) is 33.6. The van der Waals surface area contributed by atoms with Crippen molar-refractivity contribution in [1.29, 1.82) is 0 Å². The van der Waals surface area contributed by atoms with Crippen molar-refractivity contribution in [1.82, 2.24) is 19.8 Å². The standard InChI is InChI=1S/C11H15ClN4O3/c1-15(2)3-4-16(7-10(17)18)11(19)8-5-13-6-9(12)14-8/h5-6H,3-4,7H2,1-2H3,(H,17,18). The molecule has 0 bridgehead atoms. The summed E-state index contributed by atoms with van der Waals surface area (Å²) in [5, 5.41) is 8.92. The third-order valence-electron chi connectivity index (χ3n) is 2.25. The Morgan fingerprint density at radius 3 is 2.53 bits per heavy atom. The molecule has 104 valence electrons. The van der Waals surface area contributed by atoms with Crippen LogP contribution in [0, 0.1) is 0 Å². The number of carboxylic acid groups (broad SMARTS) is 1. The van der Waals surface area contributed by atoms with Crippen LogP contribution in [0.2, 0.25) is 5.15 Å². The molecule has 1 heterocycles. The zero-order valence-corrected chi connectivity index (χ0v) is 11.5. The van der Waals surface area contributed by atoms with Crippen LogP contribution in [-0.4, -0.2) is 70.5 Å². The van der Waals surface area contributed by atoms with E-state index < -0.39 is 11.9 Å². The Balaban J connectivity index is 2.83. The fourth-order valence-electron chi connectivity index (χ4n) is 1.34. The van der Waals surface area contributed by atoms with Crippen LogP contribution >= 0.6 is 11.6 Å². The lowest BCUT2D eigenvalue weighted by molar-refractivity contribution is -0.137. The molecule has 0 aliphatic carbocycles. The molecule has 0 aliphatic rings. The number of carbonyl (C=O) groups excluding carboxylic acids is 1. The van der Waals surface area contributed by atoms with Gasteiger partial charge in [0.1, 0.15) is 17.4 Å². The summed E-state index contributed by atoms with van der Waals surface area (Å²) in [6, 6.07) is 0. The van der Waals surface area contributed by atoms with Gasteiger partial charge in [0.2, 0.25) is 0 Å². The van der Waals surface area contributed by atoms with E-state index in [1.54, 1.807) is 0 Å². The first-order chi connectivity index (χ1) is 8.90. The molecule has 1 amide bonds. The molecule has 8 heteroatoms. The van der Waals surface area contributed by atoms with Crippen molar-refractivity contribution in [3.8, 4) is 0 Å². The van der Waals surface area contributed by atoms with E-state index in [1.807, 2.05) is 19.0 Å². The van der Waals surface area contributed by atoms with E-state index in [0.717, 1.165) is 0 Å². The monoisotopic (exact) mass is 286 g/mol. The van der Waals surface area contributed by atoms with Gasteiger partial charge in [0, 0.05) is 13.1 Å². The molecule has 1 aromatic rings. The smallest absolute Gasteiger partial charge is 0.323 e. The number of likely N-dealkylation sites (N-methyl/N-ethyl adjacent to an activating group) is 1. The highest BCUT2D eigenvalue weighted by molar-refractivity contribution is 6.29. The lowest BCUT2D eigenvalue weighted by atomic mass is 10.3. The number of halogens is 1. The first kappa shape index (κ1) is 15.3. The van der Waals surface area contributed by atoms with Gasteiger partial charge in [0.05, 0.1) is 12.4 Å². The van der Waals surface area contributed by atoms with E-state index in [1.165, 1.54) is 17.3 Å². The van der Waals surface area contributed by atoms with Gasteiger partial charge in [0.25, 0.3) is 5.91 Å². The van der Waals surface area contributed by atoms with Gasteiger partial charge in [-0.15, -0.1) is 0 Å². The summed E-state index contributed by atoms with van der Waals surface area (Å²) in [6.07, 6.45) is 2.57. The average molecular weight is 287 g/mol. The highest BCUT2D eigenvalue weighted by atomic mass is 35.5. The van der Waals surface area contributed by atoms with E-state index in [-0.39, 0.29) is 23.9 Å². The maximum Gasteiger partial charge on any atom is 0.323 e. The number of carboxylic acids is 1. The predicted molar refractivity (Wildman–Crippen MR) is 69.1 cm³/mol. The molecule has 7 nitrogen and oxygen atoms in total. The van der Waals surface area contributed by atoms with Crippen molar-refractivity contribution in [2.45, 2.75) is 0 Å². The zero-order valence-electron chi connectivity index (χ0n) is 10.7. The molecule has 1 rings (SSSR count). The van der Waals surface area contributed by atoms with Crippen LogP contribution in [-0.2, 0) is 4.79 Å². The third-order valence-corrected chi connectivity index (χ3v) is 2.44. The molecule has 1 N–H and O–H groups in total. The van der Waals surface area contributed by atoms with E-state index in [9.17, 15) is 9.59 Å². The second kappa shape index (κ2) is 7.01. The van der Waals surface area contributed by atoms with Gasteiger partial charge in [-0.2, -0.15) is 0 Å². The number of amides is 1. The van der Waals surface area contributed by atoms with Crippen LogP contribution in [0.3, 0.4) is 0 Å². The maximum atomic E-state index is 12.1. The fraction of sp³-hybridized carbons (Fsp3) is 0.455. The number of hydrogen-bond acceptors (Lipinski definition) is 5. The quantitative estimate of drug-likeness (QED) is 0.805. The number of rotatable bonds is 6. The molecule has 0 fully saturated rings. The van der Waals surface area contributed by atoms with Crippen LogP contribution in [0.15, 0.2) is 12.4 Å². The van der Waals surface area contributed by atoms with Gasteiger partial charge in [-0.25, -0.2) is 4.98 Å². The molecule has 1 aromatic heterocycles. The summed E-state index contributed by atoms with van der Waals surface area (Å²) in [5.74, 6) is -1.58. The van der Waals surface area contributed by atoms with Crippen LogP contribution < -0.4 is 0 Å². The molecule has 0 aromatic carbocycles. The number of carbonyl (C=O) groups is 2. The van der Waals surface area contributed by atoms with Crippen molar-refractivity contribution in [2.75, 3.05) is 33.7 Å². The molecule has 0 unspecified atom stereocenters. The van der Waals surface area contributed by atoms with E-state index in [0.29, 0.717) is 6.54 Å². The fourth-order valence-corrected chi connectivity index (χ4v) is 1.49. The molecular formula is C11H15ClN4O3. The van der Waals surface area contributed by atoms with Crippen molar-refractivity contribution in [2.24, 2.45) is 0 Å². The van der Waals surface area contributed by atoms with Crippen LogP contribution in [0.1, 0.15) is 10.5 Å². The minimum atomic E-state index is -1.08. The summed E-state index contributed by atoms with van der Waals surface area (Å²) in [7, 11) is 3.67. The Morgan fingerprint density at radius 2 is 2.00 bits per heavy atom. The van der Waals surface area contributed by atoms with Crippen LogP contribution in [0.5, 0.6) is 0 Å². The Labute approximate surface area is 115 Å². The molecular weight excluding hydrogens is 272 g/mol. The van der Waals surface area contributed by atoms with Crippen LogP contribution in [0.4, 0.5) is 0 Å². The summed E-state index contributed by atoms with van der Waals surface area (Å²) in [6.45, 7) is 0.445. The summed E-state index contributed by atoms with van der Waals surface area (Å²) in [5.41, 5.74) is 0.0347. The largest absolute Gasteiger partial charge is 0.480 e. The Bertz CT molecular complexity index is 467. The third kappa shape index (κ3) is 5.19. The Morgan fingerprint density at radius 1 is 1.32 bits per heavy atom. The van der Waals surface area contributed by atoms with Gasteiger partial charge in [0.15, 0.2) is 0 Å². The minimum absolute atomic E-state index is 0.0347. The number of nitrogens with zero attached hydrogens (tertiary/aromatic N) is 4. The first-order valence-corrected chi connectivity index (χ1v) is 5.91. The highest BCUT2D eigenvalue weighted by Gasteiger charge is 2.20. The zero-order chi connectivity index (χ0) is 14.4. The summed E-state index contributed by atoms with van der Waals surface area (Å²) < 4.78 is 0. The van der Waals surface area contributed by atoms with Crippen molar-refractivity contribution >= 4 is 23.5 Å². The first-order valence-electron chi connectivity index (χ1n) is 5.53. The lowest BCUT2D eigenvalue weighted by Gasteiger charge is -2.22. The SMILES string of the molecule is CN(C)CCN(CC(=O)O)C(=O)c1cncc(Cl)n1. The van der Waals surface area contributed by atoms with Gasteiger partial charge in [-0.1, -0.05) is 11.6 Å². The van der Waals surface area contributed by atoms with E-state index in [2.05, 4.69) is 9.97 Å². The molecule has 0 radical (unpaired) electrons. The maximum absolute atomic E-state index is 12.1. The second-order valence-electron chi connectivity index (χ2n) is 4.15. The molecule has 0 saturated carbocycles. The normalized spacial score (nSPS) is 10.5. The topological polar surface area (TPSA) is 86.6 Å². The van der Waals surface area contributed by atoms with Crippen molar-refractivity contribution in [3.05, 3.63) is 23.2 Å². The second-order valence-corrected chi connectivity index (χ2v) is 4.54. The number of aliphatic carboxylic acids is 1. The van der Waals surface area contributed by atoms with Crippen molar-refractivity contribution < 1.29 is 14.7 Å². The van der Waals surface area contributed by atoms with Gasteiger partial charge in [-0.05, 0) is 14.1 Å². The Hall–Kier alpha value is -1.73. The molecule has 19 heavy (non-hydrogen) atoms.